The summed E-state index contributed by atoms with van der Waals surface area (Å²) < 4.78 is 3.08. The summed E-state index contributed by atoms with van der Waals surface area (Å²) in [6, 6.07) is 8.25. The average Bonchev–Trinajstić information content (AvgIpc) is 2.45. The molecule has 2 rings (SSSR count). The molecule has 14 heavy (non-hydrogen) atoms. The Balaban J connectivity index is 2.65. The molecular formula is C10H5ClINS. The number of thiophene rings is 1. The molecule has 1 nitrogen and oxygen atoms in total. The van der Waals surface area contributed by atoms with Gasteiger partial charge in [0.05, 0.1) is 16.8 Å². The van der Waals surface area contributed by atoms with Crippen molar-refractivity contribution in [3.05, 3.63) is 31.7 Å². The second kappa shape index (κ2) is 4.05. The molecule has 70 valence electrons. The molecule has 1 aromatic carbocycles. The van der Waals surface area contributed by atoms with Crippen molar-refractivity contribution in [2.45, 2.75) is 6.42 Å². The van der Waals surface area contributed by atoms with E-state index >= 15 is 0 Å². The summed E-state index contributed by atoms with van der Waals surface area (Å²) >= 11 is 9.72. The van der Waals surface area contributed by atoms with E-state index in [1.165, 1.54) is 0 Å². The lowest BCUT2D eigenvalue weighted by molar-refractivity contribution is 1.26. The molecule has 0 radical (unpaired) electrons. The van der Waals surface area contributed by atoms with Crippen LogP contribution in [0, 0.1) is 14.9 Å². The van der Waals surface area contributed by atoms with Gasteiger partial charge in [0.2, 0.25) is 0 Å². The van der Waals surface area contributed by atoms with Crippen LogP contribution in [-0.2, 0) is 6.42 Å². The Bertz CT molecular complexity index is 527. The van der Waals surface area contributed by atoms with Gasteiger partial charge in [0.25, 0.3) is 0 Å². The van der Waals surface area contributed by atoms with Crippen molar-refractivity contribution in [1.29, 1.82) is 5.26 Å². The lowest BCUT2D eigenvalue weighted by Crippen LogP contribution is -1.85. The molecule has 0 amide bonds. The summed E-state index contributed by atoms with van der Waals surface area (Å²) in [5.41, 5.74) is 1.08. The zero-order valence-electron chi connectivity index (χ0n) is 7.05. The number of hydrogen-bond acceptors (Lipinski definition) is 2. The fraction of sp³-hybridized carbons (Fsp3) is 0.100. The highest BCUT2D eigenvalue weighted by molar-refractivity contribution is 14.1. The van der Waals surface area contributed by atoms with Gasteiger partial charge >= 0.3 is 0 Å². The van der Waals surface area contributed by atoms with Crippen molar-refractivity contribution >= 4 is 55.6 Å². The summed E-state index contributed by atoms with van der Waals surface area (Å²) in [5.74, 6) is 0. The van der Waals surface area contributed by atoms with E-state index in [4.69, 9.17) is 16.9 Å². The van der Waals surface area contributed by atoms with Crippen molar-refractivity contribution in [1.82, 2.24) is 0 Å². The third-order valence-electron chi connectivity index (χ3n) is 1.92. The van der Waals surface area contributed by atoms with E-state index in [9.17, 15) is 0 Å². The highest BCUT2D eigenvalue weighted by Gasteiger charge is 2.05. The molecule has 0 saturated heterocycles. The second-order valence-corrected chi connectivity index (χ2v) is 5.74. The topological polar surface area (TPSA) is 23.8 Å². The minimum Gasteiger partial charge on any atom is -0.198 e. The summed E-state index contributed by atoms with van der Waals surface area (Å²) in [6.07, 6.45) is 0.462. The maximum absolute atomic E-state index is 8.65. The maximum Gasteiger partial charge on any atom is 0.0940 e. The molecule has 0 N–H and O–H groups in total. The van der Waals surface area contributed by atoms with Crippen LogP contribution in [-0.4, -0.2) is 0 Å². The number of benzene rings is 1. The van der Waals surface area contributed by atoms with Crippen molar-refractivity contribution in [2.75, 3.05) is 0 Å². The first-order chi connectivity index (χ1) is 6.70. The SMILES string of the molecule is N#CCc1cc2sc(Cl)cc2cc1I. The van der Waals surface area contributed by atoms with E-state index < -0.39 is 0 Å². The van der Waals surface area contributed by atoms with Crippen LogP contribution in [0.2, 0.25) is 4.34 Å². The van der Waals surface area contributed by atoms with Crippen molar-refractivity contribution in [3.8, 4) is 6.07 Å². The highest BCUT2D eigenvalue weighted by Crippen LogP contribution is 2.32. The van der Waals surface area contributed by atoms with Gasteiger partial charge < -0.3 is 0 Å². The van der Waals surface area contributed by atoms with E-state index in [0.29, 0.717) is 6.42 Å². The maximum atomic E-state index is 8.65. The van der Waals surface area contributed by atoms with Gasteiger partial charge in [0.1, 0.15) is 0 Å². The summed E-state index contributed by atoms with van der Waals surface area (Å²) in [5, 5.41) is 9.80. The lowest BCUT2D eigenvalue weighted by Gasteiger charge is -1.99. The first-order valence-corrected chi connectivity index (χ1v) is 6.22. The fourth-order valence-corrected chi connectivity index (χ4v) is 3.17. The average molecular weight is 334 g/mol. The van der Waals surface area contributed by atoms with Crippen molar-refractivity contribution in [3.63, 3.8) is 0 Å². The van der Waals surface area contributed by atoms with Crippen LogP contribution >= 0.6 is 45.5 Å². The predicted molar refractivity (Wildman–Crippen MR) is 68.9 cm³/mol. The van der Waals surface area contributed by atoms with E-state index in [-0.39, 0.29) is 0 Å². The molecule has 0 aliphatic heterocycles. The first kappa shape index (κ1) is 10.2. The number of hydrogen-bond donors (Lipinski definition) is 0. The molecule has 0 bridgehead atoms. The Hall–Kier alpha value is -0.310. The van der Waals surface area contributed by atoms with E-state index in [1.807, 2.05) is 6.07 Å². The van der Waals surface area contributed by atoms with Crippen molar-refractivity contribution < 1.29 is 0 Å². The zero-order valence-corrected chi connectivity index (χ0v) is 10.8. The minimum absolute atomic E-state index is 0.462. The Morgan fingerprint density at radius 2 is 2.21 bits per heavy atom. The van der Waals surface area contributed by atoms with Crippen LogP contribution in [0.3, 0.4) is 0 Å². The highest BCUT2D eigenvalue weighted by atomic mass is 127. The molecular weight excluding hydrogens is 329 g/mol. The van der Waals surface area contributed by atoms with Crippen LogP contribution in [0.15, 0.2) is 18.2 Å². The van der Waals surface area contributed by atoms with Gasteiger partial charge in [-0.25, -0.2) is 0 Å². The standard InChI is InChI=1S/C10H5ClINS/c11-10-5-7-3-8(12)6(1-2-13)4-9(7)14-10/h3-5H,1H2. The second-order valence-electron chi connectivity index (χ2n) is 2.87. The minimum atomic E-state index is 0.462. The van der Waals surface area contributed by atoms with E-state index in [0.717, 1.165) is 23.6 Å². The zero-order chi connectivity index (χ0) is 10.1. The predicted octanol–water partition coefficient (Wildman–Crippen LogP) is 4.23. The summed E-state index contributed by atoms with van der Waals surface area (Å²) in [7, 11) is 0. The molecule has 0 spiro atoms. The number of rotatable bonds is 1. The molecule has 0 fully saturated rings. The monoisotopic (exact) mass is 333 g/mol. The Morgan fingerprint density at radius 1 is 1.43 bits per heavy atom. The lowest BCUT2D eigenvalue weighted by atomic mass is 10.1. The molecule has 1 aromatic heterocycles. The molecule has 2 aromatic rings. The number of nitrogens with zero attached hydrogens (tertiary/aromatic N) is 1. The quantitative estimate of drug-likeness (QED) is 0.717. The van der Waals surface area contributed by atoms with Gasteiger partial charge in [0, 0.05) is 8.27 Å². The van der Waals surface area contributed by atoms with E-state index in [2.05, 4.69) is 40.8 Å². The molecule has 0 aliphatic rings. The van der Waals surface area contributed by atoms with Gasteiger partial charge in [-0.15, -0.1) is 11.3 Å². The third kappa shape index (κ3) is 1.88. The number of halogens is 2. The molecule has 1 heterocycles. The van der Waals surface area contributed by atoms with Crippen LogP contribution < -0.4 is 0 Å². The van der Waals surface area contributed by atoms with Gasteiger partial charge in [-0.1, -0.05) is 11.6 Å². The van der Waals surface area contributed by atoms with Gasteiger partial charge in [-0.05, 0) is 51.7 Å². The normalized spacial score (nSPS) is 10.4. The summed E-state index contributed by atoms with van der Waals surface area (Å²) in [4.78, 5) is 0. The fourth-order valence-electron chi connectivity index (χ4n) is 1.29. The molecule has 0 saturated carbocycles. The Morgan fingerprint density at radius 3 is 2.93 bits per heavy atom. The first-order valence-electron chi connectivity index (χ1n) is 3.95. The van der Waals surface area contributed by atoms with Gasteiger partial charge in [0.15, 0.2) is 0 Å². The van der Waals surface area contributed by atoms with Gasteiger partial charge in [-0.3, -0.25) is 0 Å². The largest absolute Gasteiger partial charge is 0.198 e. The van der Waals surface area contributed by atoms with Crippen LogP contribution in [0.1, 0.15) is 5.56 Å². The number of fused-ring (bicyclic) bond motifs is 1. The molecule has 0 unspecified atom stereocenters. The Kier molecular flexibility index (Phi) is 2.96. The molecule has 0 aliphatic carbocycles. The van der Waals surface area contributed by atoms with Crippen LogP contribution in [0.25, 0.3) is 10.1 Å². The Labute approximate surface area is 104 Å². The van der Waals surface area contributed by atoms with Gasteiger partial charge in [-0.2, -0.15) is 5.26 Å². The number of nitriles is 1. The molecule has 0 atom stereocenters. The molecule has 4 heteroatoms. The van der Waals surface area contributed by atoms with Crippen LogP contribution in [0.5, 0.6) is 0 Å². The van der Waals surface area contributed by atoms with E-state index in [1.54, 1.807) is 11.3 Å². The smallest absolute Gasteiger partial charge is 0.0940 e. The summed E-state index contributed by atoms with van der Waals surface area (Å²) in [6.45, 7) is 0. The third-order valence-corrected chi connectivity index (χ3v) is 4.16. The van der Waals surface area contributed by atoms with Crippen molar-refractivity contribution in [2.24, 2.45) is 0 Å². The van der Waals surface area contributed by atoms with Crippen LogP contribution in [0.4, 0.5) is 0 Å².